The van der Waals surface area contributed by atoms with Gasteiger partial charge in [-0.15, -0.1) is 20.4 Å². The molecule has 4 rings (SSSR count). The second kappa shape index (κ2) is 10.2. The van der Waals surface area contributed by atoms with Crippen LogP contribution >= 0.6 is 0 Å². The molecule has 3 heterocycles. The maximum Gasteiger partial charge on any atom is 0.490 e. The number of aromatic nitrogens is 7. The van der Waals surface area contributed by atoms with Gasteiger partial charge in [-0.3, -0.25) is 4.40 Å². The number of nitrogens with zero attached hydrogens (tertiary/aromatic N) is 6. The highest BCUT2D eigenvalue weighted by Gasteiger charge is 2.38. The molecule has 6 N–H and O–H groups in total. The van der Waals surface area contributed by atoms with E-state index in [9.17, 15) is 30.0 Å². The van der Waals surface area contributed by atoms with Crippen LogP contribution in [0, 0.1) is 0 Å². The van der Waals surface area contributed by atoms with Crippen LogP contribution in [-0.4, -0.2) is 81.6 Å². The summed E-state index contributed by atoms with van der Waals surface area (Å²) in [6.45, 7) is -0.198. The number of sulfone groups is 1. The first-order valence-corrected chi connectivity index (χ1v) is 12.8. The van der Waals surface area contributed by atoms with Crippen molar-refractivity contribution in [2.24, 2.45) is 10.9 Å². The molecule has 0 bridgehead atoms. The Morgan fingerprint density at radius 2 is 1.78 bits per heavy atom. The van der Waals surface area contributed by atoms with Crippen molar-refractivity contribution in [2.45, 2.75) is 16.0 Å². The van der Waals surface area contributed by atoms with Gasteiger partial charge in [-0.1, -0.05) is 6.07 Å². The summed E-state index contributed by atoms with van der Waals surface area (Å²) in [5.41, 5.74) is 6.70. The van der Waals surface area contributed by atoms with Crippen molar-refractivity contribution in [1.29, 1.82) is 0 Å². The molecule has 0 fully saturated rings. The third-order valence-electron chi connectivity index (χ3n) is 4.54. The molecule has 198 valence electrons. The number of primary sulfonamides is 1. The number of carboxylic acid groups (broad SMARTS) is 1. The normalized spacial score (nSPS) is 12.2. The summed E-state index contributed by atoms with van der Waals surface area (Å²) in [5.74, 6) is -3.36. The Bertz CT molecular complexity index is 1650. The molecule has 0 spiro atoms. The molecule has 0 saturated heterocycles. The van der Waals surface area contributed by atoms with E-state index in [2.05, 4.69) is 30.8 Å². The van der Waals surface area contributed by atoms with Crippen LogP contribution in [-0.2, 0) is 24.7 Å². The number of hydrogen-bond donors (Lipinski definition) is 4. The molecule has 4 aromatic rings. The molecular weight excluding hydrogens is 547 g/mol. The van der Waals surface area contributed by atoms with Gasteiger partial charge in [0.2, 0.25) is 15.8 Å². The van der Waals surface area contributed by atoms with Crippen molar-refractivity contribution in [3.05, 3.63) is 36.8 Å². The SMILES string of the molecule is NCCS(=O)(=O)c1ccc(-c2ccc3nncn3c2)c(-c2nn[nH]n2)c1S(N)(=O)=O.O=C(O)C(F)(F)F. The van der Waals surface area contributed by atoms with Gasteiger partial charge in [0.05, 0.1) is 16.2 Å². The Balaban J connectivity index is 0.000000479. The number of carbonyl (C=O) groups is 1. The molecule has 0 aliphatic rings. The Kier molecular flexibility index (Phi) is 7.57. The Morgan fingerprint density at radius 1 is 1.11 bits per heavy atom. The maximum absolute atomic E-state index is 12.7. The van der Waals surface area contributed by atoms with Crippen molar-refractivity contribution in [1.82, 2.24) is 35.2 Å². The monoisotopic (exact) mass is 563 g/mol. The van der Waals surface area contributed by atoms with Crippen LogP contribution in [0.3, 0.4) is 0 Å². The predicted molar refractivity (Wildman–Crippen MR) is 118 cm³/mol. The van der Waals surface area contributed by atoms with Crippen molar-refractivity contribution in [2.75, 3.05) is 12.3 Å². The van der Waals surface area contributed by atoms with Gasteiger partial charge in [0.1, 0.15) is 11.2 Å². The van der Waals surface area contributed by atoms with Gasteiger partial charge in [0, 0.05) is 12.7 Å². The molecule has 0 radical (unpaired) electrons. The number of halogens is 3. The van der Waals surface area contributed by atoms with Crippen molar-refractivity contribution in [3.63, 3.8) is 0 Å². The Hall–Kier alpha value is -4.01. The van der Waals surface area contributed by atoms with E-state index in [1.807, 2.05) is 0 Å². The number of tetrazole rings is 1. The number of nitrogens with two attached hydrogens (primary N) is 2. The third-order valence-corrected chi connectivity index (χ3v) is 7.45. The van der Waals surface area contributed by atoms with E-state index in [4.69, 9.17) is 20.8 Å². The van der Waals surface area contributed by atoms with E-state index < -0.39 is 47.5 Å². The highest BCUT2D eigenvalue weighted by Crippen LogP contribution is 2.38. The zero-order chi connectivity index (χ0) is 27.6. The Labute approximate surface area is 205 Å². The second-order valence-electron chi connectivity index (χ2n) is 7.02. The molecule has 0 amide bonds. The quantitative estimate of drug-likeness (QED) is 0.234. The van der Waals surface area contributed by atoms with E-state index in [1.54, 1.807) is 22.7 Å². The summed E-state index contributed by atoms with van der Waals surface area (Å²) in [7, 11) is -8.58. The largest absolute Gasteiger partial charge is 0.490 e. The van der Waals surface area contributed by atoms with Crippen molar-refractivity contribution in [3.8, 4) is 22.5 Å². The van der Waals surface area contributed by atoms with Crippen LogP contribution in [0.1, 0.15) is 0 Å². The molecule has 0 aliphatic heterocycles. The van der Waals surface area contributed by atoms with Crippen LogP contribution < -0.4 is 10.9 Å². The van der Waals surface area contributed by atoms with Gasteiger partial charge in [0.25, 0.3) is 0 Å². The molecule has 1 aromatic carbocycles. The number of carboxylic acids is 1. The molecule has 0 aliphatic carbocycles. The fraction of sp³-hybridized carbons (Fsp3) is 0.176. The first-order chi connectivity index (χ1) is 17.2. The number of rotatable bonds is 6. The van der Waals surface area contributed by atoms with E-state index in [0.717, 1.165) is 0 Å². The van der Waals surface area contributed by atoms with E-state index in [0.29, 0.717) is 16.8 Å². The van der Waals surface area contributed by atoms with Gasteiger partial charge in [-0.25, -0.2) is 26.8 Å². The van der Waals surface area contributed by atoms with Crippen LogP contribution in [0.4, 0.5) is 13.2 Å². The lowest BCUT2D eigenvalue weighted by Crippen LogP contribution is -2.22. The standard InChI is InChI=1S/C15H15N9O4S2.C2HF3O2/c16-5-6-29(25,26)11-3-2-10(9-1-4-12-19-18-8-24(12)7-9)13(14(11)30(17,27)28)15-20-22-23-21-15;3-2(4,5)1(6)7/h1-4,7-8H,5-6,16H2,(H2,17,27,28)(H,20,21,22,23);(H,6,7). The summed E-state index contributed by atoms with van der Waals surface area (Å²) in [5, 5.41) is 33.7. The average molecular weight is 564 g/mol. The molecule has 3 aromatic heterocycles. The lowest BCUT2D eigenvalue weighted by atomic mass is 10.0. The number of aromatic amines is 1. The zero-order valence-corrected chi connectivity index (χ0v) is 19.8. The molecule has 0 unspecified atom stereocenters. The van der Waals surface area contributed by atoms with Crippen LogP contribution in [0.15, 0.2) is 46.6 Å². The number of hydrogen-bond acceptors (Lipinski definition) is 11. The van der Waals surface area contributed by atoms with E-state index >= 15 is 0 Å². The molecule has 15 nitrogen and oxygen atoms in total. The number of H-pyrrole nitrogens is 1. The number of nitrogens with one attached hydrogen (secondary N) is 1. The number of fused-ring (bicyclic) bond motifs is 1. The highest BCUT2D eigenvalue weighted by atomic mass is 32.2. The maximum atomic E-state index is 12.7. The fourth-order valence-corrected chi connectivity index (χ4v) is 5.83. The number of alkyl halides is 3. The lowest BCUT2D eigenvalue weighted by molar-refractivity contribution is -0.192. The predicted octanol–water partition coefficient (Wildman–Crippen LogP) is -0.410. The smallest absolute Gasteiger partial charge is 0.475 e. The Morgan fingerprint density at radius 3 is 2.32 bits per heavy atom. The van der Waals surface area contributed by atoms with Crippen LogP contribution in [0.5, 0.6) is 0 Å². The minimum atomic E-state index is -5.08. The minimum absolute atomic E-state index is 0.100. The lowest BCUT2D eigenvalue weighted by Gasteiger charge is -2.16. The molecule has 0 saturated carbocycles. The average Bonchev–Trinajstić information content (AvgIpc) is 3.49. The van der Waals surface area contributed by atoms with Gasteiger partial charge in [-0.2, -0.15) is 18.4 Å². The summed E-state index contributed by atoms with van der Waals surface area (Å²) in [6.07, 6.45) is -1.97. The third kappa shape index (κ3) is 6.04. The van der Waals surface area contributed by atoms with E-state index in [1.165, 1.54) is 18.5 Å². The van der Waals surface area contributed by atoms with Crippen LogP contribution in [0.25, 0.3) is 28.2 Å². The van der Waals surface area contributed by atoms with Crippen molar-refractivity contribution < 1.29 is 39.9 Å². The summed E-state index contributed by atoms with van der Waals surface area (Å²) >= 11 is 0. The van der Waals surface area contributed by atoms with Gasteiger partial charge >= 0.3 is 12.1 Å². The number of pyridine rings is 1. The second-order valence-corrected chi connectivity index (χ2v) is 10.6. The van der Waals surface area contributed by atoms with E-state index in [-0.39, 0.29) is 17.9 Å². The summed E-state index contributed by atoms with van der Waals surface area (Å²) in [6, 6.07) is 5.97. The number of sulfonamides is 1. The van der Waals surface area contributed by atoms with Crippen molar-refractivity contribution >= 4 is 31.5 Å². The van der Waals surface area contributed by atoms with Gasteiger partial charge in [0.15, 0.2) is 15.5 Å². The number of benzene rings is 1. The highest BCUT2D eigenvalue weighted by molar-refractivity contribution is 7.93. The summed E-state index contributed by atoms with van der Waals surface area (Å²) < 4.78 is 83.9. The molecule has 37 heavy (non-hydrogen) atoms. The fourth-order valence-electron chi connectivity index (χ4n) is 3.07. The topological polar surface area (TPSA) is 242 Å². The first-order valence-electron chi connectivity index (χ1n) is 9.63. The molecule has 20 heteroatoms. The zero-order valence-electron chi connectivity index (χ0n) is 18.2. The minimum Gasteiger partial charge on any atom is -0.475 e. The molecule has 0 atom stereocenters. The molecular formula is C17H16F3N9O6S2. The van der Waals surface area contributed by atoms with Crippen LogP contribution in [0.2, 0.25) is 0 Å². The number of aliphatic carboxylic acids is 1. The first kappa shape index (κ1) is 27.6. The summed E-state index contributed by atoms with van der Waals surface area (Å²) in [4.78, 5) is 7.79. The van der Waals surface area contributed by atoms with Gasteiger partial charge in [-0.05, 0) is 34.5 Å². The van der Waals surface area contributed by atoms with Gasteiger partial charge < -0.3 is 10.8 Å².